The van der Waals surface area contributed by atoms with Crippen molar-refractivity contribution in [1.29, 1.82) is 0 Å². The highest BCUT2D eigenvalue weighted by molar-refractivity contribution is 5.92. The van der Waals surface area contributed by atoms with Crippen LogP contribution in [0.4, 0.5) is 0 Å². The van der Waals surface area contributed by atoms with Crippen molar-refractivity contribution in [2.24, 2.45) is 0 Å². The molecule has 0 atom stereocenters. The molecule has 1 aromatic heterocycles. The molecule has 0 aliphatic rings. The van der Waals surface area contributed by atoms with Gasteiger partial charge in [0.2, 0.25) is 5.75 Å². The molecule has 0 aliphatic heterocycles. The first kappa shape index (κ1) is 27.0. The minimum Gasteiger partial charge on any atom is -0.504 e. The number of ether oxygens (including phenoxy) is 4. The van der Waals surface area contributed by atoms with Crippen LogP contribution in [0.25, 0.3) is 10.8 Å². The topological polar surface area (TPSA) is 70.0 Å². The number of aromatic nitrogens is 1. The molecule has 0 aliphatic carbocycles. The number of fused-ring (bicyclic) bond motifs is 1. The van der Waals surface area contributed by atoms with Crippen LogP contribution in [0.1, 0.15) is 30.0 Å². The maximum Gasteiger partial charge on any atom is 0.203 e. The molecule has 0 spiro atoms. The smallest absolute Gasteiger partial charge is 0.203 e. The van der Waals surface area contributed by atoms with Crippen LogP contribution in [0.5, 0.6) is 28.7 Å². The maximum absolute atomic E-state index is 10.6. The molecule has 190 valence electrons. The number of methoxy groups -OCH3 is 2. The van der Waals surface area contributed by atoms with Crippen LogP contribution in [0.3, 0.4) is 0 Å². The molecule has 0 unspecified atom stereocenters. The zero-order valence-electron chi connectivity index (χ0n) is 20.8. The monoisotopic (exact) mass is 509 g/mol. The highest BCUT2D eigenvalue weighted by atomic mass is 35.5. The summed E-state index contributed by atoms with van der Waals surface area (Å²) >= 11 is 0. The summed E-state index contributed by atoms with van der Waals surface area (Å²) in [5, 5.41) is 12.2. The van der Waals surface area contributed by atoms with Crippen LogP contribution in [0.15, 0.2) is 67.0 Å². The number of hydrogen-bond acceptors (Lipinski definition) is 6. The molecule has 0 bridgehead atoms. The Balaban J connectivity index is 0.00000361. The van der Waals surface area contributed by atoms with Crippen molar-refractivity contribution in [2.75, 3.05) is 27.4 Å². The Morgan fingerprint density at radius 3 is 2.19 bits per heavy atom. The van der Waals surface area contributed by atoms with Crippen LogP contribution in [-0.2, 0) is 12.8 Å². The van der Waals surface area contributed by atoms with Crippen molar-refractivity contribution >= 4 is 23.2 Å². The van der Waals surface area contributed by atoms with E-state index in [0.29, 0.717) is 48.0 Å². The normalized spacial score (nSPS) is 10.5. The van der Waals surface area contributed by atoms with Gasteiger partial charge < -0.3 is 24.1 Å². The van der Waals surface area contributed by atoms with Gasteiger partial charge in [0.1, 0.15) is 0 Å². The van der Waals surface area contributed by atoms with E-state index in [2.05, 4.69) is 17.1 Å². The fraction of sp³-hybridized carbons (Fsp3) is 0.276. The Bertz CT molecular complexity index is 1250. The van der Waals surface area contributed by atoms with Gasteiger partial charge in [0, 0.05) is 17.8 Å². The van der Waals surface area contributed by atoms with E-state index in [1.807, 2.05) is 49.5 Å². The summed E-state index contributed by atoms with van der Waals surface area (Å²) < 4.78 is 22.9. The Morgan fingerprint density at radius 1 is 0.806 bits per heavy atom. The number of rotatable bonds is 11. The van der Waals surface area contributed by atoms with Gasteiger partial charge in [0.05, 0.1) is 27.4 Å². The Kier molecular flexibility index (Phi) is 9.65. The lowest BCUT2D eigenvalue weighted by atomic mass is 9.99. The van der Waals surface area contributed by atoms with Gasteiger partial charge in [-0.3, -0.25) is 4.98 Å². The minimum absolute atomic E-state index is 0. The largest absolute Gasteiger partial charge is 0.504 e. The van der Waals surface area contributed by atoms with Gasteiger partial charge in [0.15, 0.2) is 23.0 Å². The predicted molar refractivity (Wildman–Crippen MR) is 144 cm³/mol. The molecular formula is C29H32ClNO5. The van der Waals surface area contributed by atoms with E-state index < -0.39 is 0 Å². The molecule has 3 aromatic carbocycles. The van der Waals surface area contributed by atoms with E-state index in [4.69, 9.17) is 18.9 Å². The number of hydrogen-bond donors (Lipinski definition) is 1. The first-order valence-electron chi connectivity index (χ1n) is 11.8. The van der Waals surface area contributed by atoms with Gasteiger partial charge in [-0.15, -0.1) is 12.4 Å². The molecular weight excluding hydrogens is 478 g/mol. The van der Waals surface area contributed by atoms with Crippen molar-refractivity contribution < 1.29 is 24.1 Å². The average molecular weight is 510 g/mol. The molecule has 0 saturated heterocycles. The van der Waals surface area contributed by atoms with Crippen LogP contribution in [-0.4, -0.2) is 37.5 Å². The third-order valence-electron chi connectivity index (χ3n) is 5.87. The summed E-state index contributed by atoms with van der Waals surface area (Å²) in [5.41, 5.74) is 3.24. The van der Waals surface area contributed by atoms with Crippen molar-refractivity contribution in [2.45, 2.75) is 26.2 Å². The number of benzene rings is 3. The van der Waals surface area contributed by atoms with Gasteiger partial charge in [0.25, 0.3) is 0 Å². The van der Waals surface area contributed by atoms with Gasteiger partial charge in [-0.1, -0.05) is 36.4 Å². The summed E-state index contributed by atoms with van der Waals surface area (Å²) in [7, 11) is 3.25. The number of phenolic OH excluding ortho intramolecular Hbond substituents is 1. The van der Waals surface area contributed by atoms with E-state index in [1.54, 1.807) is 26.5 Å². The summed E-state index contributed by atoms with van der Waals surface area (Å²) in [6.07, 6.45) is 5.88. The number of nitrogens with zero attached hydrogens (tertiary/aromatic N) is 1. The minimum atomic E-state index is 0. The van der Waals surface area contributed by atoms with E-state index in [9.17, 15) is 5.11 Å². The summed E-state index contributed by atoms with van der Waals surface area (Å²) in [6, 6.07) is 18.0. The number of aryl methyl sites for hydroxylation is 1. The van der Waals surface area contributed by atoms with E-state index >= 15 is 0 Å². The highest BCUT2D eigenvalue weighted by Gasteiger charge is 2.16. The van der Waals surface area contributed by atoms with Crippen molar-refractivity contribution in [3.63, 3.8) is 0 Å². The first-order chi connectivity index (χ1) is 17.1. The van der Waals surface area contributed by atoms with Gasteiger partial charge >= 0.3 is 0 Å². The zero-order chi connectivity index (χ0) is 24.6. The Labute approximate surface area is 218 Å². The van der Waals surface area contributed by atoms with Gasteiger partial charge in [-0.05, 0) is 66.5 Å². The van der Waals surface area contributed by atoms with Crippen molar-refractivity contribution in [3.8, 4) is 28.7 Å². The third-order valence-corrected chi connectivity index (χ3v) is 5.87. The quantitative estimate of drug-likeness (QED) is 0.236. The molecule has 0 amide bonds. The van der Waals surface area contributed by atoms with Gasteiger partial charge in [-0.25, -0.2) is 0 Å². The molecule has 6 nitrogen and oxygen atoms in total. The second-order valence-corrected chi connectivity index (χ2v) is 8.18. The lowest BCUT2D eigenvalue weighted by molar-refractivity contribution is 0.270. The highest BCUT2D eigenvalue weighted by Crippen LogP contribution is 2.40. The number of aromatic hydroxyl groups is 1. The number of halogens is 1. The zero-order valence-corrected chi connectivity index (χ0v) is 21.6. The maximum atomic E-state index is 10.6. The fourth-order valence-corrected chi connectivity index (χ4v) is 4.18. The molecule has 7 heteroatoms. The van der Waals surface area contributed by atoms with Crippen LogP contribution in [0, 0.1) is 0 Å². The molecule has 4 aromatic rings. The van der Waals surface area contributed by atoms with E-state index in [1.165, 1.54) is 5.56 Å². The summed E-state index contributed by atoms with van der Waals surface area (Å²) in [6.45, 7) is 2.91. The Hall–Kier alpha value is -3.64. The first-order valence-corrected chi connectivity index (χ1v) is 11.8. The van der Waals surface area contributed by atoms with E-state index in [-0.39, 0.29) is 18.2 Å². The van der Waals surface area contributed by atoms with Crippen molar-refractivity contribution in [3.05, 3.63) is 83.7 Å². The van der Waals surface area contributed by atoms with E-state index in [0.717, 1.165) is 29.4 Å². The van der Waals surface area contributed by atoms with Crippen molar-refractivity contribution in [1.82, 2.24) is 4.98 Å². The lowest BCUT2D eigenvalue weighted by Crippen LogP contribution is -2.04. The second-order valence-electron chi connectivity index (χ2n) is 8.18. The number of pyridine rings is 1. The SMILES string of the molecule is CCOc1ccc2c(Cc3cc(OC)c(OCCCc4ccccc4)c(OC)c3)cncc2c1O.Cl. The third kappa shape index (κ3) is 6.13. The average Bonchev–Trinajstić information content (AvgIpc) is 2.89. The summed E-state index contributed by atoms with van der Waals surface area (Å²) in [5.74, 6) is 2.40. The molecule has 0 fully saturated rings. The summed E-state index contributed by atoms with van der Waals surface area (Å²) in [4.78, 5) is 4.35. The molecule has 36 heavy (non-hydrogen) atoms. The second kappa shape index (κ2) is 12.9. The van der Waals surface area contributed by atoms with Crippen LogP contribution in [0.2, 0.25) is 0 Å². The Morgan fingerprint density at radius 2 is 1.53 bits per heavy atom. The number of phenols is 1. The fourth-order valence-electron chi connectivity index (χ4n) is 4.18. The predicted octanol–water partition coefficient (Wildman–Crippen LogP) is 6.38. The molecule has 4 rings (SSSR count). The molecule has 1 heterocycles. The molecule has 1 N–H and O–H groups in total. The standard InChI is InChI=1S/C29H31NO5.ClH/c1-4-34-25-13-12-23-22(18-30-19-24(23)28(25)31)15-21-16-26(32-2)29(27(17-21)33-3)35-14-8-11-20-9-6-5-7-10-20;/h5-7,9-10,12-13,16-19,31H,4,8,11,14-15H2,1-3H3;1H. The van der Waals surface area contributed by atoms with Crippen LogP contribution < -0.4 is 18.9 Å². The molecule has 0 radical (unpaired) electrons. The van der Waals surface area contributed by atoms with Crippen LogP contribution >= 0.6 is 12.4 Å². The molecule has 0 saturated carbocycles. The van der Waals surface area contributed by atoms with Gasteiger partial charge in [-0.2, -0.15) is 0 Å². The lowest BCUT2D eigenvalue weighted by Gasteiger charge is -2.17.